The maximum Gasteiger partial charge on any atom is 0.295 e. The summed E-state index contributed by atoms with van der Waals surface area (Å²) in [5.41, 5.74) is 1.02. The van der Waals surface area contributed by atoms with Crippen LogP contribution in [0.4, 0.5) is 0 Å². The molecule has 0 unspecified atom stereocenters. The Kier molecular flexibility index (Phi) is 7.83. The predicted molar refractivity (Wildman–Crippen MR) is 129 cm³/mol. The molecule has 1 fully saturated rings. The van der Waals surface area contributed by atoms with Crippen LogP contribution in [-0.4, -0.2) is 74.1 Å². The molecule has 1 N–H and O–H groups in total. The summed E-state index contributed by atoms with van der Waals surface area (Å²) < 4.78 is 16.5. The van der Waals surface area contributed by atoms with Gasteiger partial charge in [0.1, 0.15) is 23.0 Å². The molecule has 0 bridgehead atoms. The van der Waals surface area contributed by atoms with Crippen molar-refractivity contribution < 1.29 is 28.9 Å². The molecule has 3 rings (SSSR count). The van der Waals surface area contributed by atoms with E-state index < -0.39 is 17.7 Å². The molecule has 1 aliphatic heterocycles. The second kappa shape index (κ2) is 10.6. The average Bonchev–Trinajstić information content (AvgIpc) is 3.06. The Balaban J connectivity index is 2.15. The predicted octanol–water partition coefficient (Wildman–Crippen LogP) is 3.47. The van der Waals surface area contributed by atoms with Crippen molar-refractivity contribution in [2.24, 2.45) is 0 Å². The summed E-state index contributed by atoms with van der Waals surface area (Å²) in [6, 6.07) is 11.2. The van der Waals surface area contributed by atoms with Crippen molar-refractivity contribution in [3.05, 3.63) is 59.2 Å². The maximum absolute atomic E-state index is 13.2. The average molecular weight is 469 g/mol. The van der Waals surface area contributed by atoms with E-state index in [4.69, 9.17) is 14.2 Å². The molecule has 0 radical (unpaired) electrons. The van der Waals surface area contributed by atoms with E-state index in [1.165, 1.54) is 12.0 Å². The van der Waals surface area contributed by atoms with Crippen molar-refractivity contribution in [3.63, 3.8) is 0 Å². The summed E-state index contributed by atoms with van der Waals surface area (Å²) in [7, 11) is 6.84. The molecule has 8 heteroatoms. The molecular formula is C26H32N2O6. The van der Waals surface area contributed by atoms with Crippen molar-refractivity contribution in [1.82, 2.24) is 9.80 Å². The number of methoxy groups -OCH3 is 2. The third kappa shape index (κ3) is 5.17. The van der Waals surface area contributed by atoms with Crippen LogP contribution in [0.3, 0.4) is 0 Å². The number of likely N-dealkylation sites (N-methyl/N-ethyl adjacent to an activating group) is 1. The van der Waals surface area contributed by atoms with Crippen molar-refractivity contribution in [2.75, 3.05) is 41.4 Å². The number of carbonyl (C=O) groups excluding carboxylic acids is 2. The van der Waals surface area contributed by atoms with E-state index in [0.29, 0.717) is 41.5 Å². The molecule has 182 valence electrons. The van der Waals surface area contributed by atoms with Gasteiger partial charge in [-0.05, 0) is 64.3 Å². The zero-order chi connectivity index (χ0) is 25.0. The van der Waals surface area contributed by atoms with Crippen LogP contribution >= 0.6 is 0 Å². The highest BCUT2D eigenvalue weighted by Gasteiger charge is 2.47. The van der Waals surface area contributed by atoms with Crippen LogP contribution in [0.1, 0.15) is 31.0 Å². The summed E-state index contributed by atoms with van der Waals surface area (Å²) in [4.78, 5) is 29.7. The van der Waals surface area contributed by atoms with Crippen molar-refractivity contribution in [2.45, 2.75) is 26.0 Å². The second-order valence-corrected chi connectivity index (χ2v) is 8.59. The highest BCUT2D eigenvalue weighted by atomic mass is 16.5. The fourth-order valence-electron chi connectivity index (χ4n) is 3.91. The zero-order valence-electron chi connectivity index (χ0n) is 20.5. The number of hydrogen-bond acceptors (Lipinski definition) is 7. The standard InChI is InChI=1S/C26H32N2O6/c1-16(2)34-18-9-7-17(8-10-18)24(29)22-23(20-12-11-19(32-5)15-21(20)33-6)28(14-13-27(3)4)26(31)25(22)30/h7-12,15-16,23,29H,13-14H2,1-6H3/t23-/m1/s1. The first kappa shape index (κ1) is 25.1. The van der Waals surface area contributed by atoms with Gasteiger partial charge in [0, 0.05) is 30.3 Å². The highest BCUT2D eigenvalue weighted by Crippen LogP contribution is 2.43. The summed E-state index contributed by atoms with van der Waals surface area (Å²) in [6.07, 6.45) is 0.00371. The number of likely N-dealkylation sites (tertiary alicyclic amines) is 1. The lowest BCUT2D eigenvalue weighted by molar-refractivity contribution is -0.140. The van der Waals surface area contributed by atoms with Gasteiger partial charge in [0.15, 0.2) is 0 Å². The fraction of sp³-hybridized carbons (Fsp3) is 0.385. The summed E-state index contributed by atoms with van der Waals surface area (Å²) in [5.74, 6) is 0.0305. The van der Waals surface area contributed by atoms with Gasteiger partial charge in [-0.3, -0.25) is 9.59 Å². The molecule has 2 aromatic rings. The lowest BCUT2D eigenvalue weighted by atomic mass is 9.94. The van der Waals surface area contributed by atoms with E-state index in [9.17, 15) is 14.7 Å². The molecule has 1 amide bonds. The number of hydrogen-bond donors (Lipinski definition) is 1. The first-order valence-corrected chi connectivity index (χ1v) is 11.1. The minimum Gasteiger partial charge on any atom is -0.507 e. The smallest absolute Gasteiger partial charge is 0.295 e. The summed E-state index contributed by atoms with van der Waals surface area (Å²) in [6.45, 7) is 4.69. The number of ether oxygens (including phenoxy) is 3. The summed E-state index contributed by atoms with van der Waals surface area (Å²) >= 11 is 0. The molecule has 1 atom stereocenters. The molecule has 0 spiro atoms. The molecule has 0 aromatic heterocycles. The Morgan fingerprint density at radius 3 is 2.24 bits per heavy atom. The third-order valence-corrected chi connectivity index (χ3v) is 5.56. The number of nitrogens with zero attached hydrogens (tertiary/aromatic N) is 2. The molecule has 0 aliphatic carbocycles. The van der Waals surface area contributed by atoms with Crippen LogP contribution in [-0.2, 0) is 9.59 Å². The number of rotatable bonds is 9. The molecule has 2 aromatic carbocycles. The van der Waals surface area contributed by atoms with E-state index in [0.717, 1.165) is 0 Å². The van der Waals surface area contributed by atoms with E-state index in [1.54, 1.807) is 49.6 Å². The van der Waals surface area contributed by atoms with E-state index in [-0.39, 0.29) is 17.4 Å². The van der Waals surface area contributed by atoms with Crippen LogP contribution in [0.15, 0.2) is 48.0 Å². The Morgan fingerprint density at radius 1 is 1.03 bits per heavy atom. The number of ketones is 1. The SMILES string of the molecule is COc1ccc([C@@H]2C(=C(O)c3ccc(OC(C)C)cc3)C(=O)C(=O)N2CCN(C)C)c(OC)c1. The monoisotopic (exact) mass is 468 g/mol. The molecule has 1 aliphatic rings. The second-order valence-electron chi connectivity index (χ2n) is 8.59. The number of amides is 1. The molecule has 1 heterocycles. The quantitative estimate of drug-likeness (QED) is 0.342. The molecular weight excluding hydrogens is 436 g/mol. The minimum absolute atomic E-state index is 0.00371. The number of Topliss-reactive ketones (excluding diaryl/α,β-unsaturated/α-hetero) is 1. The largest absolute Gasteiger partial charge is 0.507 e. The minimum atomic E-state index is -0.813. The Hall–Kier alpha value is -3.52. The molecule has 1 saturated heterocycles. The van der Waals surface area contributed by atoms with Crippen molar-refractivity contribution >= 4 is 17.4 Å². The van der Waals surface area contributed by atoms with Gasteiger partial charge in [-0.2, -0.15) is 0 Å². The first-order chi connectivity index (χ1) is 16.2. The molecule has 8 nitrogen and oxygen atoms in total. The lowest BCUT2D eigenvalue weighted by Gasteiger charge is -2.27. The van der Waals surface area contributed by atoms with Crippen LogP contribution in [0, 0.1) is 0 Å². The van der Waals surface area contributed by atoms with Crippen LogP contribution in [0.5, 0.6) is 17.2 Å². The van der Waals surface area contributed by atoms with Gasteiger partial charge in [0.25, 0.3) is 11.7 Å². The van der Waals surface area contributed by atoms with Gasteiger partial charge in [-0.15, -0.1) is 0 Å². The third-order valence-electron chi connectivity index (χ3n) is 5.56. The molecule has 34 heavy (non-hydrogen) atoms. The summed E-state index contributed by atoms with van der Waals surface area (Å²) in [5, 5.41) is 11.2. The van der Waals surface area contributed by atoms with Crippen molar-refractivity contribution in [3.8, 4) is 17.2 Å². The lowest BCUT2D eigenvalue weighted by Crippen LogP contribution is -2.35. The topological polar surface area (TPSA) is 88.5 Å². The maximum atomic E-state index is 13.2. The number of benzene rings is 2. The first-order valence-electron chi connectivity index (χ1n) is 11.1. The van der Waals surface area contributed by atoms with E-state index >= 15 is 0 Å². The Bertz CT molecular complexity index is 1080. The normalized spacial score (nSPS) is 17.5. The van der Waals surface area contributed by atoms with Gasteiger partial charge >= 0.3 is 0 Å². The van der Waals surface area contributed by atoms with E-state index in [1.807, 2.05) is 32.8 Å². The van der Waals surface area contributed by atoms with Gasteiger partial charge in [0.05, 0.1) is 31.9 Å². The van der Waals surface area contributed by atoms with E-state index in [2.05, 4.69) is 0 Å². The zero-order valence-corrected chi connectivity index (χ0v) is 20.5. The van der Waals surface area contributed by atoms with Crippen LogP contribution in [0.2, 0.25) is 0 Å². The number of aliphatic hydroxyl groups is 1. The van der Waals surface area contributed by atoms with Crippen LogP contribution in [0.25, 0.3) is 5.76 Å². The van der Waals surface area contributed by atoms with Gasteiger partial charge < -0.3 is 29.1 Å². The van der Waals surface area contributed by atoms with Gasteiger partial charge in [-0.25, -0.2) is 0 Å². The number of aliphatic hydroxyl groups excluding tert-OH is 1. The Morgan fingerprint density at radius 2 is 1.68 bits per heavy atom. The molecule has 0 saturated carbocycles. The van der Waals surface area contributed by atoms with Gasteiger partial charge in [0.2, 0.25) is 0 Å². The Labute approximate surface area is 200 Å². The fourth-order valence-corrected chi connectivity index (χ4v) is 3.91. The van der Waals surface area contributed by atoms with Crippen molar-refractivity contribution in [1.29, 1.82) is 0 Å². The van der Waals surface area contributed by atoms with Crippen LogP contribution < -0.4 is 14.2 Å². The number of carbonyl (C=O) groups is 2. The van der Waals surface area contributed by atoms with Gasteiger partial charge in [-0.1, -0.05) is 0 Å². The highest BCUT2D eigenvalue weighted by molar-refractivity contribution is 6.46.